The largest absolute Gasteiger partial charge is 0.495 e. The summed E-state index contributed by atoms with van der Waals surface area (Å²) >= 11 is 13.4. The first kappa shape index (κ1) is 28.2. The van der Waals surface area contributed by atoms with Gasteiger partial charge in [0, 0.05) is 36.4 Å². The first-order valence-corrected chi connectivity index (χ1v) is 13.4. The minimum absolute atomic E-state index is 0.202. The molecule has 2 aromatic heterocycles. The second-order valence-electron chi connectivity index (χ2n) is 9.88. The van der Waals surface area contributed by atoms with Crippen LogP contribution in [-0.4, -0.2) is 68.7 Å². The highest BCUT2D eigenvalue weighted by Crippen LogP contribution is 2.48. The molecule has 2 aliphatic rings. The van der Waals surface area contributed by atoms with Crippen molar-refractivity contribution in [3.8, 4) is 22.6 Å². The number of methoxy groups -OCH3 is 3. The molecule has 1 saturated heterocycles. The number of halogens is 2. The van der Waals surface area contributed by atoms with E-state index in [4.69, 9.17) is 42.1 Å². The number of anilines is 1. The van der Waals surface area contributed by atoms with E-state index in [2.05, 4.69) is 22.2 Å². The lowest BCUT2D eigenvalue weighted by atomic mass is 10.0. The highest BCUT2D eigenvalue weighted by Gasteiger charge is 2.47. The molecular weight excluding hydrogens is 559 g/mol. The van der Waals surface area contributed by atoms with Gasteiger partial charge in [-0.25, -0.2) is 4.98 Å². The van der Waals surface area contributed by atoms with E-state index in [1.165, 1.54) is 20.3 Å². The molecule has 2 N–H and O–H groups in total. The first-order valence-electron chi connectivity index (χ1n) is 12.7. The highest BCUT2D eigenvalue weighted by molar-refractivity contribution is 6.41. The lowest BCUT2D eigenvalue weighted by Crippen LogP contribution is -2.45. The fraction of sp³-hybridized carbons (Fsp3) is 0.393. The van der Waals surface area contributed by atoms with Gasteiger partial charge in [-0.1, -0.05) is 29.8 Å². The number of carbonyl (C=O) groups excluding carboxylic acids is 1. The van der Waals surface area contributed by atoms with Gasteiger partial charge in [-0.05, 0) is 25.0 Å². The van der Waals surface area contributed by atoms with Gasteiger partial charge in [-0.2, -0.15) is 0 Å². The van der Waals surface area contributed by atoms with Crippen LogP contribution < -0.4 is 25.7 Å². The number of hydrogen-bond acceptors (Lipinski definition) is 8. The van der Waals surface area contributed by atoms with E-state index in [9.17, 15) is 9.59 Å². The molecule has 1 amide bonds. The minimum Gasteiger partial charge on any atom is -0.495 e. The van der Waals surface area contributed by atoms with Crippen molar-refractivity contribution >= 4 is 45.8 Å². The van der Waals surface area contributed by atoms with Crippen molar-refractivity contribution in [1.29, 1.82) is 0 Å². The van der Waals surface area contributed by atoms with Crippen molar-refractivity contribution in [3.63, 3.8) is 0 Å². The Balaban J connectivity index is 1.66. The average Bonchev–Trinajstić information content (AvgIpc) is 3.59. The SMILES string of the molecule is C=CC(=O)NC1COCC1Nc1cc2c(cn1)cc(-c1c(Cl)c(OC)cc(OC)c1Cl)c(=O)n2C1(COC)CC1. The van der Waals surface area contributed by atoms with E-state index in [0.29, 0.717) is 59.2 Å². The van der Waals surface area contributed by atoms with Gasteiger partial charge in [0.05, 0.1) is 72.8 Å². The summed E-state index contributed by atoms with van der Waals surface area (Å²) in [6, 6.07) is 4.66. The molecular formula is C28H30Cl2N4O6. The van der Waals surface area contributed by atoms with Gasteiger partial charge in [0.2, 0.25) is 5.91 Å². The van der Waals surface area contributed by atoms with Crippen LogP contribution in [0.4, 0.5) is 5.82 Å². The van der Waals surface area contributed by atoms with Crippen LogP contribution in [-0.2, 0) is 19.8 Å². The summed E-state index contributed by atoms with van der Waals surface area (Å²) in [5, 5.41) is 7.33. The zero-order valence-corrected chi connectivity index (χ0v) is 23.9. The molecule has 5 rings (SSSR count). The molecule has 1 aliphatic carbocycles. The fourth-order valence-electron chi connectivity index (χ4n) is 5.17. The Kier molecular flexibility index (Phi) is 7.96. The van der Waals surface area contributed by atoms with Gasteiger partial charge in [-0.15, -0.1) is 0 Å². The van der Waals surface area contributed by atoms with Crippen LogP contribution >= 0.6 is 23.2 Å². The molecule has 212 valence electrons. The zero-order chi connectivity index (χ0) is 28.6. The van der Waals surface area contributed by atoms with Gasteiger partial charge in [0.15, 0.2) is 0 Å². The smallest absolute Gasteiger partial charge is 0.259 e. The second kappa shape index (κ2) is 11.3. The summed E-state index contributed by atoms with van der Waals surface area (Å²) in [5.74, 6) is 0.916. The average molecular weight is 589 g/mol. The Labute approximate surface area is 241 Å². The Hall–Kier alpha value is -3.31. The molecule has 1 aliphatic heterocycles. The quantitative estimate of drug-likeness (QED) is 0.342. The number of carbonyl (C=O) groups is 1. The van der Waals surface area contributed by atoms with E-state index in [1.54, 1.807) is 30.0 Å². The summed E-state index contributed by atoms with van der Waals surface area (Å²) in [5.41, 5.74) is 0.477. The van der Waals surface area contributed by atoms with Crippen molar-refractivity contribution in [1.82, 2.24) is 14.9 Å². The third kappa shape index (κ3) is 5.01. The molecule has 0 spiro atoms. The van der Waals surface area contributed by atoms with E-state index in [1.807, 2.05) is 6.07 Å². The first-order chi connectivity index (χ1) is 19.3. The summed E-state index contributed by atoms with van der Waals surface area (Å²) in [4.78, 5) is 30.8. The molecule has 1 saturated carbocycles. The fourth-order valence-corrected chi connectivity index (χ4v) is 5.88. The lowest BCUT2D eigenvalue weighted by Gasteiger charge is -2.24. The topological polar surface area (TPSA) is 113 Å². The van der Waals surface area contributed by atoms with E-state index in [-0.39, 0.29) is 33.6 Å². The summed E-state index contributed by atoms with van der Waals surface area (Å²) in [7, 11) is 4.58. The molecule has 0 bridgehead atoms. The Bertz CT molecular complexity index is 1510. The summed E-state index contributed by atoms with van der Waals surface area (Å²) in [6.45, 7) is 4.61. The van der Waals surface area contributed by atoms with Crippen LogP contribution in [0.25, 0.3) is 22.0 Å². The Morgan fingerprint density at radius 2 is 1.82 bits per heavy atom. The minimum atomic E-state index is -0.530. The molecule has 40 heavy (non-hydrogen) atoms. The van der Waals surface area contributed by atoms with Crippen LogP contribution in [0.1, 0.15) is 12.8 Å². The van der Waals surface area contributed by atoms with Crippen molar-refractivity contribution in [3.05, 3.63) is 57.4 Å². The number of amides is 1. The van der Waals surface area contributed by atoms with Crippen LogP contribution in [0, 0.1) is 0 Å². The van der Waals surface area contributed by atoms with E-state index in [0.717, 1.165) is 12.8 Å². The molecule has 12 heteroatoms. The number of nitrogens with one attached hydrogen (secondary N) is 2. The number of rotatable bonds is 10. The number of aromatic nitrogens is 2. The maximum absolute atomic E-state index is 14.3. The summed E-state index contributed by atoms with van der Waals surface area (Å²) < 4.78 is 23.8. The highest BCUT2D eigenvalue weighted by atomic mass is 35.5. The standard InChI is InChI=1S/C28H30Cl2N4O6/c1-5-23(35)33-18-13-40-12-17(18)32-22-9-19-15(11-31-22)8-16(27(36)34(19)28(6-7-28)14-37-2)24-25(29)20(38-3)10-21(39-4)26(24)30/h5,8-11,17-18H,1,6-7,12-14H2,2-4H3,(H,31,32)(H,33,35). The van der Waals surface area contributed by atoms with Crippen LogP contribution in [0.15, 0.2) is 41.8 Å². The van der Waals surface area contributed by atoms with Crippen LogP contribution in [0.3, 0.4) is 0 Å². The molecule has 2 atom stereocenters. The maximum Gasteiger partial charge on any atom is 0.259 e. The van der Waals surface area contributed by atoms with E-state index >= 15 is 0 Å². The van der Waals surface area contributed by atoms with Gasteiger partial charge in [-0.3, -0.25) is 14.2 Å². The third-order valence-corrected chi connectivity index (χ3v) is 8.12. The number of ether oxygens (including phenoxy) is 4. The molecule has 3 heterocycles. The molecule has 10 nitrogen and oxygen atoms in total. The van der Waals surface area contributed by atoms with Crippen LogP contribution in [0.2, 0.25) is 10.0 Å². The van der Waals surface area contributed by atoms with Gasteiger partial charge >= 0.3 is 0 Å². The molecule has 3 aromatic rings. The predicted octanol–water partition coefficient (Wildman–Crippen LogP) is 4.00. The van der Waals surface area contributed by atoms with Gasteiger partial charge in [0.1, 0.15) is 17.3 Å². The van der Waals surface area contributed by atoms with Crippen molar-refractivity contribution in [2.75, 3.05) is 46.5 Å². The monoisotopic (exact) mass is 588 g/mol. The molecule has 1 aromatic carbocycles. The number of pyridine rings is 2. The zero-order valence-electron chi connectivity index (χ0n) is 22.4. The number of nitrogens with zero attached hydrogens (tertiary/aromatic N) is 2. The maximum atomic E-state index is 14.3. The second-order valence-corrected chi connectivity index (χ2v) is 10.6. The lowest BCUT2D eigenvalue weighted by molar-refractivity contribution is -0.117. The predicted molar refractivity (Wildman–Crippen MR) is 154 cm³/mol. The van der Waals surface area contributed by atoms with E-state index < -0.39 is 5.54 Å². The normalized spacial score (nSPS) is 19.3. The van der Waals surface area contributed by atoms with Crippen molar-refractivity contribution < 1.29 is 23.7 Å². The Morgan fingerprint density at radius 1 is 1.15 bits per heavy atom. The third-order valence-electron chi connectivity index (χ3n) is 7.37. The number of benzene rings is 1. The van der Waals surface area contributed by atoms with Crippen molar-refractivity contribution in [2.45, 2.75) is 30.5 Å². The van der Waals surface area contributed by atoms with Gasteiger partial charge < -0.3 is 29.6 Å². The molecule has 0 radical (unpaired) electrons. The number of fused-ring (bicyclic) bond motifs is 1. The number of hydrogen-bond donors (Lipinski definition) is 2. The molecule has 2 unspecified atom stereocenters. The summed E-state index contributed by atoms with van der Waals surface area (Å²) in [6.07, 6.45) is 4.44. The van der Waals surface area contributed by atoms with Crippen LogP contribution in [0.5, 0.6) is 11.5 Å². The molecule has 2 fully saturated rings. The van der Waals surface area contributed by atoms with Crippen molar-refractivity contribution in [2.24, 2.45) is 0 Å². The van der Waals surface area contributed by atoms with Gasteiger partial charge in [0.25, 0.3) is 5.56 Å². The Morgan fingerprint density at radius 3 is 2.42 bits per heavy atom.